The maximum absolute atomic E-state index is 11.5. The molecule has 124 valence electrons. The lowest BCUT2D eigenvalue weighted by Gasteiger charge is -2.26. The van der Waals surface area contributed by atoms with Crippen LogP contribution in [0.4, 0.5) is 5.82 Å². The number of hydrogen-bond acceptors (Lipinski definition) is 5. The molecule has 3 aromatic heterocycles. The van der Waals surface area contributed by atoms with Crippen LogP contribution >= 0.6 is 0 Å². The second kappa shape index (κ2) is 6.09. The van der Waals surface area contributed by atoms with Gasteiger partial charge >= 0.3 is 0 Å². The summed E-state index contributed by atoms with van der Waals surface area (Å²) in [6, 6.07) is 7.51. The molecular weight excluding hydrogens is 306 g/mol. The van der Waals surface area contributed by atoms with Gasteiger partial charge in [0.25, 0.3) is 0 Å². The Morgan fingerprint density at radius 3 is 2.83 bits per heavy atom. The Bertz CT molecular complexity index is 908. The first kappa shape index (κ1) is 14.9. The molecule has 0 spiro atoms. The third-order valence-electron chi connectivity index (χ3n) is 4.48. The number of anilines is 1. The van der Waals surface area contributed by atoms with Gasteiger partial charge in [-0.1, -0.05) is 0 Å². The number of aliphatic hydroxyl groups is 1. The first-order valence-corrected chi connectivity index (χ1v) is 8.17. The van der Waals surface area contributed by atoms with Crippen LogP contribution < -0.4 is 10.9 Å². The van der Waals surface area contributed by atoms with Crippen LogP contribution in [0, 0.1) is 0 Å². The van der Waals surface area contributed by atoms with Crippen LogP contribution in [0.2, 0.25) is 0 Å². The summed E-state index contributed by atoms with van der Waals surface area (Å²) in [5, 5.41) is 17.7. The number of aromatic nitrogens is 4. The second-order valence-corrected chi connectivity index (χ2v) is 6.22. The number of nitrogens with zero attached hydrogens (tertiary/aromatic N) is 3. The molecule has 0 aliphatic heterocycles. The molecule has 7 nitrogen and oxygen atoms in total. The molecular formula is C17H19N5O2. The molecule has 3 heterocycles. The molecule has 0 bridgehead atoms. The van der Waals surface area contributed by atoms with Crippen LogP contribution in [0.15, 0.2) is 41.5 Å². The van der Waals surface area contributed by atoms with Gasteiger partial charge in [-0.05, 0) is 43.9 Å². The average molecular weight is 325 g/mol. The quantitative estimate of drug-likeness (QED) is 0.682. The molecule has 3 N–H and O–H groups in total. The maximum atomic E-state index is 11.5. The number of imidazole rings is 1. The van der Waals surface area contributed by atoms with E-state index in [9.17, 15) is 9.90 Å². The molecule has 1 aliphatic rings. The number of aromatic amines is 1. The van der Waals surface area contributed by atoms with Crippen LogP contribution in [-0.4, -0.2) is 36.8 Å². The highest BCUT2D eigenvalue weighted by Crippen LogP contribution is 2.23. The van der Waals surface area contributed by atoms with Crippen molar-refractivity contribution in [1.29, 1.82) is 0 Å². The summed E-state index contributed by atoms with van der Waals surface area (Å²) in [6.45, 7) is 0. The Balaban J connectivity index is 1.65. The van der Waals surface area contributed by atoms with Gasteiger partial charge in [0.2, 0.25) is 5.56 Å². The van der Waals surface area contributed by atoms with Crippen molar-refractivity contribution in [3.05, 3.63) is 47.0 Å². The van der Waals surface area contributed by atoms with Crippen molar-refractivity contribution in [3.8, 4) is 11.3 Å². The Kier molecular flexibility index (Phi) is 3.78. The minimum Gasteiger partial charge on any atom is -0.393 e. The van der Waals surface area contributed by atoms with E-state index in [1.807, 2.05) is 18.2 Å². The third kappa shape index (κ3) is 2.90. The first-order chi connectivity index (χ1) is 11.7. The molecule has 1 aliphatic carbocycles. The summed E-state index contributed by atoms with van der Waals surface area (Å²) in [4.78, 5) is 18.5. The smallest absolute Gasteiger partial charge is 0.248 e. The largest absolute Gasteiger partial charge is 0.393 e. The molecule has 3 aromatic rings. The molecule has 0 unspecified atom stereocenters. The third-order valence-corrected chi connectivity index (χ3v) is 4.48. The van der Waals surface area contributed by atoms with Gasteiger partial charge in [0, 0.05) is 23.9 Å². The number of rotatable bonds is 3. The topological polar surface area (TPSA) is 95.3 Å². The van der Waals surface area contributed by atoms with E-state index in [1.165, 1.54) is 6.07 Å². The molecule has 0 atom stereocenters. The highest BCUT2D eigenvalue weighted by atomic mass is 16.3. The first-order valence-electron chi connectivity index (χ1n) is 8.17. The molecule has 7 heteroatoms. The van der Waals surface area contributed by atoms with E-state index in [2.05, 4.69) is 20.4 Å². The average Bonchev–Trinajstić information content (AvgIpc) is 3.00. The van der Waals surface area contributed by atoms with Gasteiger partial charge in [-0.25, -0.2) is 9.50 Å². The van der Waals surface area contributed by atoms with Gasteiger partial charge in [-0.3, -0.25) is 4.79 Å². The second-order valence-electron chi connectivity index (χ2n) is 6.22. The lowest BCUT2D eigenvalue weighted by atomic mass is 9.93. The molecule has 1 saturated carbocycles. The van der Waals surface area contributed by atoms with Crippen molar-refractivity contribution in [1.82, 2.24) is 19.6 Å². The molecule has 0 radical (unpaired) electrons. The van der Waals surface area contributed by atoms with E-state index >= 15 is 0 Å². The Labute approximate surface area is 138 Å². The van der Waals surface area contributed by atoms with Gasteiger partial charge in [0.05, 0.1) is 18.0 Å². The number of hydrogen-bond donors (Lipinski definition) is 3. The maximum Gasteiger partial charge on any atom is 0.248 e. The minimum absolute atomic E-state index is 0.155. The Morgan fingerprint density at radius 2 is 2.04 bits per heavy atom. The lowest BCUT2D eigenvalue weighted by molar-refractivity contribution is 0.126. The summed E-state index contributed by atoms with van der Waals surface area (Å²) in [5.74, 6) is 0.771. The fourth-order valence-corrected chi connectivity index (χ4v) is 3.18. The van der Waals surface area contributed by atoms with E-state index in [0.717, 1.165) is 48.4 Å². The summed E-state index contributed by atoms with van der Waals surface area (Å²) in [5.41, 5.74) is 2.13. The number of pyridine rings is 1. The van der Waals surface area contributed by atoms with Gasteiger partial charge < -0.3 is 15.4 Å². The van der Waals surface area contributed by atoms with Crippen molar-refractivity contribution in [2.75, 3.05) is 5.32 Å². The van der Waals surface area contributed by atoms with Crippen molar-refractivity contribution >= 4 is 11.5 Å². The summed E-state index contributed by atoms with van der Waals surface area (Å²) >= 11 is 0. The zero-order chi connectivity index (χ0) is 16.5. The molecule has 0 amide bonds. The highest BCUT2D eigenvalue weighted by Gasteiger charge is 2.19. The van der Waals surface area contributed by atoms with E-state index in [1.54, 1.807) is 16.9 Å². The molecule has 0 aromatic carbocycles. The van der Waals surface area contributed by atoms with Crippen LogP contribution in [0.25, 0.3) is 16.9 Å². The normalized spacial score (nSPS) is 21.0. The number of H-pyrrole nitrogens is 1. The van der Waals surface area contributed by atoms with Crippen molar-refractivity contribution in [3.63, 3.8) is 0 Å². The van der Waals surface area contributed by atoms with Gasteiger partial charge in [0.15, 0.2) is 5.65 Å². The predicted octanol–water partition coefficient (Wildman–Crippen LogP) is 1.80. The van der Waals surface area contributed by atoms with Gasteiger partial charge in [-0.2, -0.15) is 0 Å². The lowest BCUT2D eigenvalue weighted by Crippen LogP contribution is -2.28. The standard InChI is InChI=1S/C17H19N5O2/c23-13-3-1-12(2-4-13)20-15-5-6-16-19-10-14(22(16)21-15)11-7-8-18-17(24)9-11/h5-10,12-13,23H,1-4H2,(H,18,24)(H,20,21)/t12-,13-. The van der Waals surface area contributed by atoms with E-state index in [0.29, 0.717) is 6.04 Å². The Morgan fingerprint density at radius 1 is 1.21 bits per heavy atom. The molecule has 0 saturated heterocycles. The minimum atomic E-state index is -0.171. The zero-order valence-electron chi connectivity index (χ0n) is 13.1. The fourth-order valence-electron chi connectivity index (χ4n) is 3.18. The summed E-state index contributed by atoms with van der Waals surface area (Å²) in [6.07, 6.45) is 6.68. The SMILES string of the molecule is O=c1cc(-c2cnc3ccc(N[C@H]4CC[C@H](O)CC4)nn23)cc[nH]1. The number of nitrogens with one attached hydrogen (secondary N) is 2. The number of aliphatic hydroxyl groups excluding tert-OH is 1. The Hall–Kier alpha value is -2.67. The van der Waals surface area contributed by atoms with Crippen LogP contribution in [-0.2, 0) is 0 Å². The van der Waals surface area contributed by atoms with Crippen LogP contribution in [0.5, 0.6) is 0 Å². The van der Waals surface area contributed by atoms with Gasteiger partial charge in [0.1, 0.15) is 5.82 Å². The van der Waals surface area contributed by atoms with Crippen molar-refractivity contribution in [2.45, 2.75) is 37.8 Å². The molecule has 24 heavy (non-hydrogen) atoms. The zero-order valence-corrected chi connectivity index (χ0v) is 13.1. The predicted molar refractivity (Wildman–Crippen MR) is 90.9 cm³/mol. The summed E-state index contributed by atoms with van der Waals surface area (Å²) < 4.78 is 1.74. The van der Waals surface area contributed by atoms with Crippen LogP contribution in [0.3, 0.4) is 0 Å². The van der Waals surface area contributed by atoms with Crippen LogP contribution in [0.1, 0.15) is 25.7 Å². The van der Waals surface area contributed by atoms with Crippen molar-refractivity contribution in [2.24, 2.45) is 0 Å². The highest BCUT2D eigenvalue weighted by molar-refractivity contribution is 5.63. The summed E-state index contributed by atoms with van der Waals surface area (Å²) in [7, 11) is 0. The monoisotopic (exact) mass is 325 g/mol. The van der Waals surface area contributed by atoms with E-state index in [4.69, 9.17) is 0 Å². The van der Waals surface area contributed by atoms with E-state index in [-0.39, 0.29) is 11.7 Å². The number of fused-ring (bicyclic) bond motifs is 1. The van der Waals surface area contributed by atoms with E-state index < -0.39 is 0 Å². The van der Waals surface area contributed by atoms with Gasteiger partial charge in [-0.15, -0.1) is 5.10 Å². The van der Waals surface area contributed by atoms with Crippen molar-refractivity contribution < 1.29 is 5.11 Å². The molecule has 4 rings (SSSR count). The molecule has 1 fully saturated rings. The fraction of sp³-hybridized carbons (Fsp3) is 0.353.